The Hall–Kier alpha value is -1.06. The van der Waals surface area contributed by atoms with E-state index in [0.717, 1.165) is 13.0 Å². The Kier molecular flexibility index (Phi) is 5.06. The number of hydrogen-bond acceptors (Lipinski definition) is 3. The van der Waals surface area contributed by atoms with E-state index in [0.29, 0.717) is 17.3 Å². The summed E-state index contributed by atoms with van der Waals surface area (Å²) in [4.78, 5) is 2.40. The molecule has 0 saturated heterocycles. The molecule has 1 fully saturated rings. The lowest BCUT2D eigenvalue weighted by Crippen LogP contribution is -2.51. The largest absolute Gasteiger partial charge is 0.508 e. The van der Waals surface area contributed by atoms with Gasteiger partial charge in [-0.3, -0.25) is 0 Å². The second-order valence-corrected chi connectivity index (χ2v) is 6.48. The third kappa shape index (κ3) is 3.74. The van der Waals surface area contributed by atoms with Crippen LogP contribution in [0.4, 0.5) is 0 Å². The first kappa shape index (κ1) is 15.3. The normalized spacial score (nSPS) is 19.4. The minimum Gasteiger partial charge on any atom is -0.508 e. The molecule has 1 aromatic carbocycles. The molecule has 1 aliphatic rings. The summed E-state index contributed by atoms with van der Waals surface area (Å²) >= 11 is 0. The van der Waals surface area contributed by atoms with Gasteiger partial charge in [0.1, 0.15) is 5.75 Å². The van der Waals surface area contributed by atoms with E-state index in [4.69, 9.17) is 0 Å². The van der Waals surface area contributed by atoms with Crippen molar-refractivity contribution >= 4 is 0 Å². The van der Waals surface area contributed by atoms with Gasteiger partial charge >= 0.3 is 0 Å². The van der Waals surface area contributed by atoms with E-state index in [9.17, 15) is 5.11 Å². The molecule has 2 rings (SSSR count). The van der Waals surface area contributed by atoms with Gasteiger partial charge in [-0.15, -0.1) is 0 Å². The summed E-state index contributed by atoms with van der Waals surface area (Å²) < 4.78 is 0. The van der Waals surface area contributed by atoms with Gasteiger partial charge < -0.3 is 15.3 Å². The maximum atomic E-state index is 9.31. The standard InChI is InChI=1S/C17H28N2O/c1-14(12-15-6-8-16(20)9-7-15)18-13-17(19(2)3)10-4-5-11-17/h6-9,14,18,20H,4-5,10-13H2,1-3H3. The van der Waals surface area contributed by atoms with Gasteiger partial charge in [0.2, 0.25) is 0 Å². The summed E-state index contributed by atoms with van der Waals surface area (Å²) in [5.41, 5.74) is 1.62. The molecule has 20 heavy (non-hydrogen) atoms. The van der Waals surface area contributed by atoms with E-state index in [1.807, 2.05) is 12.1 Å². The Morgan fingerprint density at radius 1 is 1.20 bits per heavy atom. The van der Waals surface area contributed by atoms with Crippen LogP contribution in [-0.2, 0) is 6.42 Å². The Labute approximate surface area is 123 Å². The van der Waals surface area contributed by atoms with Gasteiger partial charge in [0.05, 0.1) is 0 Å². The summed E-state index contributed by atoms with van der Waals surface area (Å²) in [6.07, 6.45) is 6.32. The fraction of sp³-hybridized carbons (Fsp3) is 0.647. The van der Waals surface area contributed by atoms with Crippen LogP contribution in [0.5, 0.6) is 5.75 Å². The zero-order valence-electron chi connectivity index (χ0n) is 13.0. The quantitative estimate of drug-likeness (QED) is 0.838. The monoisotopic (exact) mass is 276 g/mol. The third-order valence-corrected chi connectivity index (χ3v) is 4.74. The number of aromatic hydroxyl groups is 1. The number of benzene rings is 1. The SMILES string of the molecule is CC(Cc1ccc(O)cc1)NCC1(N(C)C)CCCC1. The minimum atomic E-state index is 0.340. The highest BCUT2D eigenvalue weighted by Gasteiger charge is 2.35. The second-order valence-electron chi connectivity index (χ2n) is 6.48. The highest BCUT2D eigenvalue weighted by molar-refractivity contribution is 5.26. The zero-order chi connectivity index (χ0) is 14.6. The van der Waals surface area contributed by atoms with Gasteiger partial charge in [0, 0.05) is 18.1 Å². The molecular formula is C17H28N2O. The predicted octanol–water partition coefficient (Wildman–Crippen LogP) is 2.79. The lowest BCUT2D eigenvalue weighted by Gasteiger charge is -2.37. The molecule has 0 heterocycles. The first-order valence-corrected chi connectivity index (χ1v) is 7.71. The summed E-state index contributed by atoms with van der Waals surface area (Å²) in [7, 11) is 4.41. The molecule has 1 atom stereocenters. The molecule has 1 unspecified atom stereocenters. The summed E-state index contributed by atoms with van der Waals surface area (Å²) in [5, 5.41) is 13.0. The van der Waals surface area contributed by atoms with Gasteiger partial charge in [-0.05, 0) is 58.0 Å². The van der Waals surface area contributed by atoms with Gasteiger partial charge in [-0.25, -0.2) is 0 Å². The molecule has 0 amide bonds. The molecular weight excluding hydrogens is 248 g/mol. The fourth-order valence-electron chi connectivity index (χ4n) is 3.24. The van der Waals surface area contributed by atoms with Crippen molar-refractivity contribution in [3.05, 3.63) is 29.8 Å². The van der Waals surface area contributed by atoms with Crippen LogP contribution in [0.3, 0.4) is 0 Å². The van der Waals surface area contributed by atoms with E-state index in [2.05, 4.69) is 31.2 Å². The summed E-state index contributed by atoms with van der Waals surface area (Å²) in [6, 6.07) is 7.99. The lowest BCUT2D eigenvalue weighted by molar-refractivity contribution is 0.150. The van der Waals surface area contributed by atoms with Crippen LogP contribution in [-0.4, -0.2) is 42.2 Å². The minimum absolute atomic E-state index is 0.340. The van der Waals surface area contributed by atoms with Gasteiger partial charge in [-0.1, -0.05) is 25.0 Å². The van der Waals surface area contributed by atoms with Crippen LogP contribution in [0.2, 0.25) is 0 Å². The van der Waals surface area contributed by atoms with Crippen molar-refractivity contribution < 1.29 is 5.11 Å². The van der Waals surface area contributed by atoms with Crippen LogP contribution < -0.4 is 5.32 Å². The molecule has 2 N–H and O–H groups in total. The van der Waals surface area contributed by atoms with E-state index in [1.54, 1.807) is 12.1 Å². The van der Waals surface area contributed by atoms with Crippen molar-refractivity contribution in [1.82, 2.24) is 10.2 Å². The van der Waals surface area contributed by atoms with Crippen molar-refractivity contribution in [1.29, 1.82) is 0 Å². The second kappa shape index (κ2) is 6.59. The number of nitrogens with zero attached hydrogens (tertiary/aromatic N) is 1. The highest BCUT2D eigenvalue weighted by atomic mass is 16.3. The molecule has 0 radical (unpaired) electrons. The van der Waals surface area contributed by atoms with Crippen LogP contribution in [0.1, 0.15) is 38.2 Å². The third-order valence-electron chi connectivity index (χ3n) is 4.74. The van der Waals surface area contributed by atoms with E-state index in [-0.39, 0.29) is 0 Å². The molecule has 1 saturated carbocycles. The van der Waals surface area contributed by atoms with Crippen molar-refractivity contribution in [2.75, 3.05) is 20.6 Å². The van der Waals surface area contributed by atoms with Gasteiger partial charge in [-0.2, -0.15) is 0 Å². The average molecular weight is 276 g/mol. The first-order chi connectivity index (χ1) is 9.52. The van der Waals surface area contributed by atoms with Crippen molar-refractivity contribution in [2.45, 2.75) is 50.6 Å². The van der Waals surface area contributed by atoms with Gasteiger partial charge in [0.15, 0.2) is 0 Å². The Morgan fingerprint density at radius 3 is 2.35 bits per heavy atom. The molecule has 0 aromatic heterocycles. The lowest BCUT2D eigenvalue weighted by atomic mass is 9.95. The van der Waals surface area contributed by atoms with Gasteiger partial charge in [0.25, 0.3) is 0 Å². The first-order valence-electron chi connectivity index (χ1n) is 7.71. The van der Waals surface area contributed by atoms with Crippen molar-refractivity contribution in [3.63, 3.8) is 0 Å². The Balaban J connectivity index is 1.85. The van der Waals surface area contributed by atoms with Crippen LogP contribution in [0.25, 0.3) is 0 Å². The number of phenols is 1. The molecule has 3 nitrogen and oxygen atoms in total. The number of likely N-dealkylation sites (N-methyl/N-ethyl adjacent to an activating group) is 1. The predicted molar refractivity (Wildman–Crippen MR) is 84.2 cm³/mol. The maximum Gasteiger partial charge on any atom is 0.115 e. The molecule has 1 aromatic rings. The molecule has 1 aliphatic carbocycles. The van der Waals surface area contributed by atoms with Crippen LogP contribution >= 0.6 is 0 Å². The van der Waals surface area contributed by atoms with E-state index >= 15 is 0 Å². The number of rotatable bonds is 6. The van der Waals surface area contributed by atoms with Crippen LogP contribution in [0, 0.1) is 0 Å². The summed E-state index contributed by atoms with van der Waals surface area (Å²) in [6.45, 7) is 3.31. The van der Waals surface area contributed by atoms with E-state index < -0.39 is 0 Å². The van der Waals surface area contributed by atoms with Crippen molar-refractivity contribution in [3.8, 4) is 5.75 Å². The highest BCUT2D eigenvalue weighted by Crippen LogP contribution is 2.33. The van der Waals surface area contributed by atoms with E-state index in [1.165, 1.54) is 31.2 Å². The molecule has 0 aliphatic heterocycles. The fourth-order valence-corrected chi connectivity index (χ4v) is 3.24. The summed E-state index contributed by atoms with van der Waals surface area (Å²) in [5.74, 6) is 0.340. The molecule has 3 heteroatoms. The average Bonchev–Trinajstić information content (AvgIpc) is 2.89. The molecule has 112 valence electrons. The topological polar surface area (TPSA) is 35.5 Å². The number of hydrogen-bond donors (Lipinski definition) is 2. The van der Waals surface area contributed by atoms with Crippen molar-refractivity contribution in [2.24, 2.45) is 0 Å². The number of nitrogens with one attached hydrogen (secondary N) is 1. The Morgan fingerprint density at radius 2 is 1.80 bits per heavy atom. The van der Waals surface area contributed by atoms with Crippen LogP contribution in [0.15, 0.2) is 24.3 Å². The Bertz CT molecular complexity index is 408. The number of phenolic OH excluding ortho intramolecular Hbond substituents is 1. The maximum absolute atomic E-state index is 9.31. The smallest absolute Gasteiger partial charge is 0.115 e. The molecule has 0 spiro atoms. The molecule has 0 bridgehead atoms. The zero-order valence-corrected chi connectivity index (χ0v) is 13.0.